The normalized spacial score (nSPS) is 11.8. The Balaban J connectivity index is 3.18. The topological polar surface area (TPSA) is 54.4 Å². The molecule has 0 saturated heterocycles. The molecule has 3 nitrogen and oxygen atoms in total. The molecule has 0 atom stereocenters. The molecule has 0 aromatic heterocycles. The van der Waals surface area contributed by atoms with Gasteiger partial charge in [-0.3, -0.25) is 0 Å². The number of halogens is 2. The van der Waals surface area contributed by atoms with E-state index < -0.39 is 15.7 Å². The minimum absolute atomic E-state index is 0.0110. The second kappa shape index (κ2) is 5.12. The van der Waals surface area contributed by atoms with Gasteiger partial charge in [0.15, 0.2) is 9.84 Å². The monoisotopic (exact) mass is 266 g/mol. The second-order valence-corrected chi connectivity index (χ2v) is 5.91. The van der Waals surface area contributed by atoms with Gasteiger partial charge >= 0.3 is 0 Å². The molecule has 0 aliphatic rings. The Labute approximate surface area is 98.8 Å². The van der Waals surface area contributed by atoms with Crippen LogP contribution in [0.1, 0.15) is 12.0 Å². The Hall–Kier alpha value is -0.650. The highest BCUT2D eigenvalue weighted by Crippen LogP contribution is 2.25. The third kappa shape index (κ3) is 2.93. The number of rotatable bonds is 4. The molecule has 0 aliphatic heterocycles. The average molecular weight is 267 g/mol. The number of benzene rings is 1. The Morgan fingerprint density at radius 3 is 2.62 bits per heavy atom. The highest BCUT2D eigenvalue weighted by molar-refractivity contribution is 7.91. The van der Waals surface area contributed by atoms with Crippen LogP contribution >= 0.6 is 11.6 Å². The molecule has 0 bridgehead atoms. The minimum atomic E-state index is -3.62. The lowest BCUT2D eigenvalue weighted by Crippen LogP contribution is -2.09. The zero-order chi connectivity index (χ0) is 12.3. The molecule has 0 radical (unpaired) electrons. The van der Waals surface area contributed by atoms with Crippen molar-refractivity contribution in [1.29, 1.82) is 0 Å². The van der Waals surface area contributed by atoms with Crippen LogP contribution in [0.15, 0.2) is 17.0 Å². The van der Waals surface area contributed by atoms with Crippen LogP contribution in [0, 0.1) is 12.7 Å². The van der Waals surface area contributed by atoms with Crippen molar-refractivity contribution in [1.82, 2.24) is 0 Å². The van der Waals surface area contributed by atoms with Crippen molar-refractivity contribution in [3.63, 3.8) is 0 Å². The van der Waals surface area contributed by atoms with E-state index in [1.807, 2.05) is 0 Å². The maximum atomic E-state index is 13.2. The number of aliphatic hydroxyl groups excluding tert-OH is 1. The maximum Gasteiger partial charge on any atom is 0.180 e. The van der Waals surface area contributed by atoms with E-state index in [0.717, 1.165) is 6.07 Å². The lowest BCUT2D eigenvalue weighted by Gasteiger charge is -2.07. The Bertz CT molecular complexity index is 485. The summed E-state index contributed by atoms with van der Waals surface area (Å²) in [7, 11) is -3.62. The number of aliphatic hydroxyl groups is 1. The summed E-state index contributed by atoms with van der Waals surface area (Å²) in [6.07, 6.45) is 0.105. The molecule has 1 rings (SSSR count). The lowest BCUT2D eigenvalue weighted by atomic mass is 10.2. The van der Waals surface area contributed by atoms with E-state index in [4.69, 9.17) is 16.7 Å². The summed E-state index contributed by atoms with van der Waals surface area (Å²) in [5, 5.41) is 8.58. The Morgan fingerprint density at radius 1 is 1.44 bits per heavy atom. The smallest absolute Gasteiger partial charge is 0.180 e. The highest BCUT2D eigenvalue weighted by Gasteiger charge is 2.19. The van der Waals surface area contributed by atoms with Crippen LogP contribution in [0.3, 0.4) is 0 Å². The van der Waals surface area contributed by atoms with Gasteiger partial charge in [-0.05, 0) is 31.0 Å². The van der Waals surface area contributed by atoms with Gasteiger partial charge in [0.2, 0.25) is 0 Å². The number of aryl methyl sites for hydroxylation is 1. The Morgan fingerprint density at radius 2 is 2.06 bits per heavy atom. The van der Waals surface area contributed by atoms with Crippen molar-refractivity contribution < 1.29 is 17.9 Å². The van der Waals surface area contributed by atoms with E-state index >= 15 is 0 Å². The van der Waals surface area contributed by atoms with Crippen LogP contribution in [0.5, 0.6) is 0 Å². The van der Waals surface area contributed by atoms with E-state index in [-0.39, 0.29) is 28.7 Å². The molecule has 0 fully saturated rings. The number of sulfone groups is 1. The first kappa shape index (κ1) is 13.4. The van der Waals surface area contributed by atoms with Crippen LogP contribution in [0.2, 0.25) is 5.02 Å². The van der Waals surface area contributed by atoms with Crippen LogP contribution < -0.4 is 0 Å². The summed E-state index contributed by atoms with van der Waals surface area (Å²) in [4.78, 5) is -0.217. The lowest BCUT2D eigenvalue weighted by molar-refractivity contribution is 0.295. The predicted molar refractivity (Wildman–Crippen MR) is 59.9 cm³/mol. The molecule has 0 unspecified atom stereocenters. The van der Waals surface area contributed by atoms with Crippen molar-refractivity contribution in [2.45, 2.75) is 18.2 Å². The van der Waals surface area contributed by atoms with Crippen LogP contribution in [-0.4, -0.2) is 25.9 Å². The predicted octanol–water partition coefficient (Wildman–Crippen LogP) is 1.94. The van der Waals surface area contributed by atoms with Crippen LogP contribution in [0.4, 0.5) is 4.39 Å². The summed E-state index contributed by atoms with van der Waals surface area (Å²) < 4.78 is 36.7. The summed E-state index contributed by atoms with van der Waals surface area (Å²) in [5.74, 6) is -0.849. The van der Waals surface area contributed by atoms with Gasteiger partial charge in [0, 0.05) is 6.61 Å². The molecule has 6 heteroatoms. The number of hydrogen-bond acceptors (Lipinski definition) is 3. The van der Waals surface area contributed by atoms with E-state index in [2.05, 4.69) is 0 Å². The molecule has 1 aromatic carbocycles. The molecule has 0 spiro atoms. The third-order valence-corrected chi connectivity index (χ3v) is 4.38. The molecule has 1 aromatic rings. The molecule has 0 aliphatic carbocycles. The van der Waals surface area contributed by atoms with Gasteiger partial charge in [0.1, 0.15) is 5.82 Å². The third-order valence-electron chi connectivity index (χ3n) is 2.12. The SMILES string of the molecule is Cc1cc(Cl)c(S(=O)(=O)CCCO)cc1F. The molecule has 0 heterocycles. The van der Waals surface area contributed by atoms with Gasteiger partial charge in [-0.25, -0.2) is 12.8 Å². The average Bonchev–Trinajstić information content (AvgIpc) is 2.20. The van der Waals surface area contributed by atoms with Crippen molar-refractivity contribution in [3.05, 3.63) is 28.5 Å². The van der Waals surface area contributed by atoms with Gasteiger partial charge in [0.05, 0.1) is 15.7 Å². The van der Waals surface area contributed by atoms with Gasteiger partial charge in [-0.15, -0.1) is 0 Å². The fraction of sp³-hybridized carbons (Fsp3) is 0.400. The highest BCUT2D eigenvalue weighted by atomic mass is 35.5. The summed E-state index contributed by atoms with van der Waals surface area (Å²) in [5.41, 5.74) is 0.297. The fourth-order valence-electron chi connectivity index (χ4n) is 1.23. The first-order chi connectivity index (χ1) is 7.38. The zero-order valence-corrected chi connectivity index (χ0v) is 10.3. The van der Waals surface area contributed by atoms with E-state index in [1.54, 1.807) is 0 Å². The first-order valence-corrected chi connectivity index (χ1v) is 6.71. The standard InChI is InChI=1S/C10H12ClFO3S/c1-7-5-8(11)10(6-9(7)12)16(14,15)4-2-3-13/h5-6,13H,2-4H2,1H3. The van der Waals surface area contributed by atoms with Crippen LogP contribution in [0.25, 0.3) is 0 Å². The van der Waals surface area contributed by atoms with Gasteiger partial charge in [-0.1, -0.05) is 11.6 Å². The zero-order valence-electron chi connectivity index (χ0n) is 8.70. The van der Waals surface area contributed by atoms with Crippen LogP contribution in [-0.2, 0) is 9.84 Å². The maximum absolute atomic E-state index is 13.2. The molecule has 1 N–H and O–H groups in total. The van der Waals surface area contributed by atoms with Gasteiger partial charge in [-0.2, -0.15) is 0 Å². The second-order valence-electron chi connectivity index (χ2n) is 3.43. The minimum Gasteiger partial charge on any atom is -0.396 e. The van der Waals surface area contributed by atoms with E-state index in [0.29, 0.717) is 5.56 Å². The molecule has 0 saturated carbocycles. The van der Waals surface area contributed by atoms with Gasteiger partial charge in [0.25, 0.3) is 0 Å². The first-order valence-electron chi connectivity index (χ1n) is 4.68. The molecular formula is C10H12ClFO3S. The number of hydrogen-bond donors (Lipinski definition) is 1. The summed E-state index contributed by atoms with van der Waals surface area (Å²) in [6, 6.07) is 2.20. The summed E-state index contributed by atoms with van der Waals surface area (Å²) in [6.45, 7) is 1.27. The van der Waals surface area contributed by atoms with Crippen molar-refractivity contribution in [2.75, 3.05) is 12.4 Å². The summed E-state index contributed by atoms with van der Waals surface area (Å²) >= 11 is 5.76. The van der Waals surface area contributed by atoms with Crippen molar-refractivity contribution in [2.24, 2.45) is 0 Å². The molecular weight excluding hydrogens is 255 g/mol. The van der Waals surface area contributed by atoms with Crippen molar-refractivity contribution in [3.8, 4) is 0 Å². The molecule has 16 heavy (non-hydrogen) atoms. The molecule has 90 valence electrons. The largest absolute Gasteiger partial charge is 0.396 e. The fourth-order valence-corrected chi connectivity index (χ4v) is 3.17. The van der Waals surface area contributed by atoms with E-state index in [1.165, 1.54) is 13.0 Å². The quantitative estimate of drug-likeness (QED) is 0.906. The molecule has 0 amide bonds. The van der Waals surface area contributed by atoms with Crippen molar-refractivity contribution >= 4 is 21.4 Å². The van der Waals surface area contributed by atoms with Gasteiger partial charge < -0.3 is 5.11 Å². The Kier molecular flexibility index (Phi) is 4.29. The van der Waals surface area contributed by atoms with E-state index in [9.17, 15) is 12.8 Å².